The average molecular weight is 649 g/mol. The van der Waals surface area contributed by atoms with E-state index in [0.29, 0.717) is 47.0 Å². The Balaban J connectivity index is 1.45. The van der Waals surface area contributed by atoms with Crippen LogP contribution in [0.2, 0.25) is 0 Å². The lowest BCUT2D eigenvalue weighted by molar-refractivity contribution is -0.113. The minimum atomic E-state index is -0.493. The number of anilines is 2. The fraction of sp³-hybridized carbons (Fsp3) is 0.281. The van der Waals surface area contributed by atoms with Gasteiger partial charge in [-0.2, -0.15) is 4.98 Å². The van der Waals surface area contributed by atoms with Crippen LogP contribution in [0.15, 0.2) is 93.7 Å². The molecule has 0 spiro atoms. The maximum Gasteiger partial charge on any atom is 0.255 e. The monoisotopic (exact) mass is 647 g/mol. The Labute approximate surface area is 259 Å². The number of unbranched alkanes of at least 4 members (excludes halogenated alkanes) is 1. The molecule has 0 fully saturated rings. The van der Waals surface area contributed by atoms with Crippen molar-refractivity contribution in [2.45, 2.75) is 51.4 Å². The molecule has 1 unspecified atom stereocenters. The number of carbonyl (C=O) groups excluding carboxylic acids is 1. The molecule has 1 amide bonds. The van der Waals surface area contributed by atoms with Crippen LogP contribution in [-0.4, -0.2) is 33.0 Å². The van der Waals surface area contributed by atoms with Gasteiger partial charge in [0.25, 0.3) is 5.91 Å². The number of fused-ring (bicyclic) bond motifs is 1. The highest BCUT2D eigenvalue weighted by molar-refractivity contribution is 9.10. The summed E-state index contributed by atoms with van der Waals surface area (Å²) in [4.78, 5) is 18.7. The van der Waals surface area contributed by atoms with E-state index in [0.717, 1.165) is 39.9 Å². The van der Waals surface area contributed by atoms with Crippen LogP contribution >= 0.6 is 27.7 Å². The second kappa shape index (κ2) is 13.9. The summed E-state index contributed by atoms with van der Waals surface area (Å²) < 4.78 is 14.6. The number of allylic oxidation sites excluding steroid dienone is 1. The third-order valence-corrected chi connectivity index (χ3v) is 8.15. The Bertz CT molecular complexity index is 1570. The lowest BCUT2D eigenvalue weighted by atomic mass is 9.95. The molecular formula is C32H34BrN5O3S. The van der Waals surface area contributed by atoms with E-state index in [2.05, 4.69) is 33.5 Å². The van der Waals surface area contributed by atoms with Crippen LogP contribution in [0.3, 0.4) is 0 Å². The van der Waals surface area contributed by atoms with Crippen LogP contribution in [0.25, 0.3) is 0 Å². The Kier molecular flexibility index (Phi) is 9.86. The predicted molar refractivity (Wildman–Crippen MR) is 171 cm³/mol. The molecule has 5 rings (SSSR count). The van der Waals surface area contributed by atoms with Crippen molar-refractivity contribution in [3.8, 4) is 11.5 Å². The molecule has 1 aliphatic heterocycles. The molecule has 0 aliphatic carbocycles. The van der Waals surface area contributed by atoms with Crippen LogP contribution in [0, 0.1) is 0 Å². The Morgan fingerprint density at radius 2 is 1.88 bits per heavy atom. The number of halogens is 1. The Hall–Kier alpha value is -3.76. The van der Waals surface area contributed by atoms with Gasteiger partial charge in [-0.25, -0.2) is 4.68 Å². The number of thioether (sulfide) groups is 1. The number of nitrogens with zero attached hydrogens (tertiary/aromatic N) is 3. The quantitative estimate of drug-likeness (QED) is 0.120. The van der Waals surface area contributed by atoms with Gasteiger partial charge in [0, 0.05) is 15.9 Å². The highest BCUT2D eigenvalue weighted by Crippen LogP contribution is 2.38. The van der Waals surface area contributed by atoms with Crippen molar-refractivity contribution >= 4 is 45.2 Å². The molecule has 3 aromatic carbocycles. The number of benzene rings is 3. The molecular weight excluding hydrogens is 614 g/mol. The average Bonchev–Trinajstić information content (AvgIpc) is 3.39. The zero-order chi connectivity index (χ0) is 29.5. The number of nitrogens with one attached hydrogen (secondary N) is 2. The van der Waals surface area contributed by atoms with Gasteiger partial charge < -0.3 is 20.1 Å². The van der Waals surface area contributed by atoms with E-state index in [4.69, 9.17) is 19.6 Å². The van der Waals surface area contributed by atoms with Crippen molar-refractivity contribution in [1.29, 1.82) is 0 Å². The van der Waals surface area contributed by atoms with Crippen LogP contribution in [0.1, 0.15) is 50.8 Å². The normalized spacial score (nSPS) is 14.2. The van der Waals surface area contributed by atoms with E-state index in [-0.39, 0.29) is 5.91 Å². The summed E-state index contributed by atoms with van der Waals surface area (Å²) in [6, 6.07) is 22.8. The zero-order valence-electron chi connectivity index (χ0n) is 23.9. The van der Waals surface area contributed by atoms with Gasteiger partial charge in [-0.15, -0.1) is 5.10 Å². The molecule has 8 nitrogen and oxygen atoms in total. The molecule has 10 heteroatoms. The summed E-state index contributed by atoms with van der Waals surface area (Å²) in [6.07, 6.45) is 2.18. The fourth-order valence-corrected chi connectivity index (χ4v) is 6.04. The van der Waals surface area contributed by atoms with Crippen LogP contribution in [-0.2, 0) is 11.4 Å². The number of amides is 1. The first-order chi connectivity index (χ1) is 20.5. The standard InChI is InChI=1S/C32H34BrN5O3S/c1-4-6-18-42-32-36-31-34-21(3)28(30(39)35-26-12-7-8-13-27(26)40-5-2)29(38(31)37-32)23-14-16-25(17-15-23)41-20-22-10-9-11-24(33)19-22/h7-17,19,29H,4-6,18,20H2,1-3H3,(H,35,39)(H,34,36,37). The number of carbonyl (C=O) groups is 1. The number of ether oxygens (including phenoxy) is 2. The molecule has 1 aliphatic rings. The van der Waals surface area contributed by atoms with Gasteiger partial charge >= 0.3 is 0 Å². The maximum atomic E-state index is 13.9. The molecule has 4 aromatic rings. The third kappa shape index (κ3) is 6.99. The second-order valence-electron chi connectivity index (χ2n) is 9.80. The molecule has 2 N–H and O–H groups in total. The van der Waals surface area contributed by atoms with Crippen molar-refractivity contribution in [2.75, 3.05) is 23.0 Å². The molecule has 0 radical (unpaired) electrons. The summed E-state index contributed by atoms with van der Waals surface area (Å²) in [5, 5.41) is 11.9. The van der Waals surface area contributed by atoms with Crippen LogP contribution < -0.4 is 20.1 Å². The van der Waals surface area contributed by atoms with E-state index in [1.807, 2.05) is 91.3 Å². The van der Waals surface area contributed by atoms with Crippen molar-refractivity contribution < 1.29 is 14.3 Å². The molecule has 0 saturated heterocycles. The summed E-state index contributed by atoms with van der Waals surface area (Å²) in [5.41, 5.74) is 3.83. The minimum absolute atomic E-state index is 0.242. The lowest BCUT2D eigenvalue weighted by Gasteiger charge is -2.29. The Morgan fingerprint density at radius 3 is 2.64 bits per heavy atom. The number of para-hydroxylation sites is 2. The van der Waals surface area contributed by atoms with Crippen molar-refractivity contribution in [1.82, 2.24) is 14.8 Å². The predicted octanol–water partition coefficient (Wildman–Crippen LogP) is 7.84. The van der Waals surface area contributed by atoms with Gasteiger partial charge in [-0.3, -0.25) is 4.79 Å². The van der Waals surface area contributed by atoms with Gasteiger partial charge in [0.05, 0.1) is 17.9 Å². The summed E-state index contributed by atoms with van der Waals surface area (Å²) >= 11 is 5.13. The third-order valence-electron chi connectivity index (χ3n) is 6.73. The first-order valence-electron chi connectivity index (χ1n) is 14.0. The highest BCUT2D eigenvalue weighted by atomic mass is 79.9. The van der Waals surface area contributed by atoms with Crippen molar-refractivity contribution in [3.05, 3.63) is 99.7 Å². The van der Waals surface area contributed by atoms with Gasteiger partial charge in [-0.1, -0.05) is 77.4 Å². The van der Waals surface area contributed by atoms with Gasteiger partial charge in [-0.05, 0) is 67.8 Å². The number of rotatable bonds is 12. The molecule has 0 bridgehead atoms. The molecule has 0 saturated carbocycles. The summed E-state index contributed by atoms with van der Waals surface area (Å²) in [6.45, 7) is 6.92. The lowest BCUT2D eigenvalue weighted by Crippen LogP contribution is -2.31. The van der Waals surface area contributed by atoms with Crippen molar-refractivity contribution in [3.63, 3.8) is 0 Å². The van der Waals surface area contributed by atoms with E-state index in [1.165, 1.54) is 0 Å². The van der Waals surface area contributed by atoms with Crippen LogP contribution in [0.4, 0.5) is 11.6 Å². The highest BCUT2D eigenvalue weighted by Gasteiger charge is 2.34. The van der Waals surface area contributed by atoms with E-state index < -0.39 is 6.04 Å². The molecule has 42 heavy (non-hydrogen) atoms. The SMILES string of the molecule is CCCCSc1nc2n(n1)C(c1ccc(OCc3cccc(Br)c3)cc1)C(C(=O)Nc1ccccc1OCC)=C(C)N2. The smallest absolute Gasteiger partial charge is 0.255 e. The number of aromatic nitrogens is 3. The van der Waals surface area contributed by atoms with E-state index in [9.17, 15) is 4.79 Å². The largest absolute Gasteiger partial charge is 0.492 e. The van der Waals surface area contributed by atoms with Gasteiger partial charge in [0.2, 0.25) is 11.1 Å². The molecule has 218 valence electrons. The Morgan fingerprint density at radius 1 is 1.07 bits per heavy atom. The number of hydrogen-bond acceptors (Lipinski definition) is 7. The summed E-state index contributed by atoms with van der Waals surface area (Å²) in [7, 11) is 0. The first-order valence-corrected chi connectivity index (χ1v) is 15.8. The second-order valence-corrected chi connectivity index (χ2v) is 11.8. The summed E-state index contributed by atoms with van der Waals surface area (Å²) in [5.74, 6) is 2.66. The maximum absolute atomic E-state index is 13.9. The van der Waals surface area contributed by atoms with Crippen LogP contribution in [0.5, 0.6) is 11.5 Å². The molecule has 2 heterocycles. The fourth-order valence-electron chi connectivity index (χ4n) is 4.68. The molecule has 1 atom stereocenters. The van der Waals surface area contributed by atoms with E-state index >= 15 is 0 Å². The van der Waals surface area contributed by atoms with Gasteiger partial charge in [0.1, 0.15) is 24.1 Å². The van der Waals surface area contributed by atoms with E-state index in [1.54, 1.807) is 11.8 Å². The first kappa shape index (κ1) is 29.7. The zero-order valence-corrected chi connectivity index (χ0v) is 26.3. The van der Waals surface area contributed by atoms with Gasteiger partial charge in [0.15, 0.2) is 0 Å². The number of hydrogen-bond donors (Lipinski definition) is 2. The van der Waals surface area contributed by atoms with Crippen molar-refractivity contribution in [2.24, 2.45) is 0 Å². The minimum Gasteiger partial charge on any atom is -0.492 e. The molecule has 1 aromatic heterocycles. The topological polar surface area (TPSA) is 90.3 Å².